The number of nitrogens with zero attached hydrogens (tertiary/aromatic N) is 1. The number of hydrogen-bond donors (Lipinski definition) is 2. The molecule has 2 fully saturated rings. The van der Waals surface area contributed by atoms with Crippen molar-refractivity contribution in [3.05, 3.63) is 24.3 Å². The second kappa shape index (κ2) is 8.15. The van der Waals surface area contributed by atoms with Crippen LogP contribution in [-0.2, 0) is 9.59 Å². The van der Waals surface area contributed by atoms with Crippen LogP contribution >= 0.6 is 0 Å². The predicted molar refractivity (Wildman–Crippen MR) is 92.1 cm³/mol. The van der Waals surface area contributed by atoms with Crippen molar-refractivity contribution < 1.29 is 14.3 Å². The van der Waals surface area contributed by atoms with Gasteiger partial charge in [0.1, 0.15) is 5.75 Å². The van der Waals surface area contributed by atoms with E-state index in [0.29, 0.717) is 24.6 Å². The van der Waals surface area contributed by atoms with E-state index in [1.807, 2.05) is 12.1 Å². The van der Waals surface area contributed by atoms with Crippen molar-refractivity contribution in [1.82, 2.24) is 10.6 Å². The van der Waals surface area contributed by atoms with E-state index < -0.39 is 0 Å². The molecule has 0 bridgehead atoms. The van der Waals surface area contributed by atoms with Gasteiger partial charge >= 0.3 is 0 Å². The summed E-state index contributed by atoms with van der Waals surface area (Å²) in [4.78, 5) is 25.4. The third-order valence-corrected chi connectivity index (χ3v) is 4.58. The Kier molecular flexibility index (Phi) is 5.69. The fourth-order valence-corrected chi connectivity index (χ4v) is 3.20. The molecule has 0 saturated carbocycles. The Morgan fingerprint density at radius 2 is 2.12 bits per heavy atom. The molecule has 3 rings (SSSR count). The summed E-state index contributed by atoms with van der Waals surface area (Å²) in [5, 5.41) is 6.27. The lowest BCUT2D eigenvalue weighted by Gasteiger charge is -2.22. The molecular weight excluding hydrogens is 306 g/mol. The third-order valence-electron chi connectivity index (χ3n) is 4.58. The van der Waals surface area contributed by atoms with Crippen LogP contribution in [-0.4, -0.2) is 44.6 Å². The molecule has 2 aliphatic heterocycles. The van der Waals surface area contributed by atoms with Gasteiger partial charge in [-0.15, -0.1) is 0 Å². The standard InChI is InChI=1S/C18H25N3O3/c22-17(20-12-14-3-1-9-19-11-14)13-24-16-7-5-15(6-8-16)21-10-2-4-18(21)23/h5-8,14,19H,1-4,9-13H2,(H,20,22). The van der Waals surface area contributed by atoms with Crippen LogP contribution in [0.1, 0.15) is 25.7 Å². The van der Waals surface area contributed by atoms with Gasteiger partial charge in [0.05, 0.1) is 0 Å². The van der Waals surface area contributed by atoms with Crippen molar-refractivity contribution in [2.24, 2.45) is 5.92 Å². The first-order valence-corrected chi connectivity index (χ1v) is 8.73. The maximum atomic E-state index is 11.9. The summed E-state index contributed by atoms with van der Waals surface area (Å²) in [6, 6.07) is 7.34. The summed E-state index contributed by atoms with van der Waals surface area (Å²) >= 11 is 0. The van der Waals surface area contributed by atoms with Gasteiger partial charge in [0.25, 0.3) is 5.91 Å². The zero-order valence-corrected chi connectivity index (χ0v) is 13.9. The molecule has 130 valence electrons. The first kappa shape index (κ1) is 16.8. The molecule has 0 aromatic heterocycles. The number of benzene rings is 1. The SMILES string of the molecule is O=C(COc1ccc(N2CCCC2=O)cc1)NCC1CCCNC1. The normalized spacial score (nSPS) is 20.9. The molecule has 2 amide bonds. The molecule has 2 N–H and O–H groups in total. The molecule has 0 radical (unpaired) electrons. The summed E-state index contributed by atoms with van der Waals surface area (Å²) in [5.41, 5.74) is 0.888. The molecule has 2 aliphatic rings. The maximum Gasteiger partial charge on any atom is 0.257 e. The lowest BCUT2D eigenvalue weighted by atomic mass is 10.00. The lowest BCUT2D eigenvalue weighted by Crippen LogP contribution is -2.39. The minimum atomic E-state index is -0.0978. The van der Waals surface area contributed by atoms with Crippen molar-refractivity contribution in [1.29, 1.82) is 0 Å². The number of nitrogens with one attached hydrogen (secondary N) is 2. The molecular formula is C18H25N3O3. The summed E-state index contributed by atoms with van der Waals surface area (Å²) < 4.78 is 5.52. The van der Waals surface area contributed by atoms with Gasteiger partial charge in [0.2, 0.25) is 5.91 Å². The number of rotatable bonds is 6. The van der Waals surface area contributed by atoms with E-state index in [4.69, 9.17) is 4.74 Å². The predicted octanol–water partition coefficient (Wildman–Crippen LogP) is 1.31. The van der Waals surface area contributed by atoms with Crippen molar-refractivity contribution >= 4 is 17.5 Å². The second-order valence-electron chi connectivity index (χ2n) is 6.45. The molecule has 1 aromatic rings. The van der Waals surface area contributed by atoms with Crippen LogP contribution in [0.5, 0.6) is 5.75 Å². The van der Waals surface area contributed by atoms with E-state index in [1.54, 1.807) is 17.0 Å². The van der Waals surface area contributed by atoms with Gasteiger partial charge in [-0.2, -0.15) is 0 Å². The summed E-state index contributed by atoms with van der Waals surface area (Å²) in [5.74, 6) is 1.22. The highest BCUT2D eigenvalue weighted by atomic mass is 16.5. The molecule has 1 aromatic carbocycles. The Hall–Kier alpha value is -2.08. The van der Waals surface area contributed by atoms with E-state index in [1.165, 1.54) is 6.42 Å². The first-order chi connectivity index (χ1) is 11.7. The van der Waals surface area contributed by atoms with Crippen LogP contribution in [0.4, 0.5) is 5.69 Å². The Bertz CT molecular complexity index is 567. The highest BCUT2D eigenvalue weighted by Gasteiger charge is 2.21. The van der Waals surface area contributed by atoms with Crippen LogP contribution in [0.3, 0.4) is 0 Å². The zero-order valence-electron chi connectivity index (χ0n) is 13.9. The van der Waals surface area contributed by atoms with E-state index >= 15 is 0 Å². The smallest absolute Gasteiger partial charge is 0.257 e. The lowest BCUT2D eigenvalue weighted by molar-refractivity contribution is -0.123. The van der Waals surface area contributed by atoms with Crippen molar-refractivity contribution in [3.63, 3.8) is 0 Å². The highest BCUT2D eigenvalue weighted by molar-refractivity contribution is 5.95. The molecule has 2 heterocycles. The zero-order chi connectivity index (χ0) is 16.8. The maximum absolute atomic E-state index is 11.9. The monoisotopic (exact) mass is 331 g/mol. The van der Waals surface area contributed by atoms with Crippen molar-refractivity contribution in [2.45, 2.75) is 25.7 Å². The van der Waals surface area contributed by atoms with E-state index in [-0.39, 0.29) is 18.4 Å². The Morgan fingerprint density at radius 3 is 2.79 bits per heavy atom. The highest BCUT2D eigenvalue weighted by Crippen LogP contribution is 2.23. The molecule has 6 nitrogen and oxygen atoms in total. The van der Waals surface area contributed by atoms with Gasteiger partial charge in [-0.05, 0) is 62.5 Å². The number of hydrogen-bond acceptors (Lipinski definition) is 4. The summed E-state index contributed by atoms with van der Waals surface area (Å²) in [6.45, 7) is 3.54. The summed E-state index contributed by atoms with van der Waals surface area (Å²) in [7, 11) is 0. The third kappa shape index (κ3) is 4.47. The van der Waals surface area contributed by atoms with Gasteiger partial charge < -0.3 is 20.3 Å². The van der Waals surface area contributed by atoms with Gasteiger partial charge in [-0.3, -0.25) is 9.59 Å². The van der Waals surface area contributed by atoms with Gasteiger partial charge in [-0.25, -0.2) is 0 Å². The van der Waals surface area contributed by atoms with Crippen molar-refractivity contribution in [3.8, 4) is 5.75 Å². The van der Waals surface area contributed by atoms with Gasteiger partial charge in [-0.1, -0.05) is 0 Å². The largest absolute Gasteiger partial charge is 0.484 e. The number of anilines is 1. The van der Waals surface area contributed by atoms with Crippen molar-refractivity contribution in [2.75, 3.05) is 37.7 Å². The van der Waals surface area contributed by atoms with Crippen LogP contribution in [0, 0.1) is 5.92 Å². The molecule has 1 atom stereocenters. The Labute approximate surface area is 142 Å². The molecule has 0 aliphatic carbocycles. The average molecular weight is 331 g/mol. The molecule has 6 heteroatoms. The number of carbonyl (C=O) groups excluding carboxylic acids is 2. The molecule has 1 unspecified atom stereocenters. The first-order valence-electron chi connectivity index (χ1n) is 8.73. The fourth-order valence-electron chi connectivity index (χ4n) is 3.20. The van der Waals surface area contributed by atoms with Gasteiger partial charge in [0.15, 0.2) is 6.61 Å². The van der Waals surface area contributed by atoms with Crippen LogP contribution in [0.2, 0.25) is 0 Å². The van der Waals surface area contributed by atoms with E-state index in [2.05, 4.69) is 10.6 Å². The Balaban J connectivity index is 1.41. The van der Waals surface area contributed by atoms with Crippen LogP contribution in [0.15, 0.2) is 24.3 Å². The minimum absolute atomic E-state index is 0.0160. The second-order valence-corrected chi connectivity index (χ2v) is 6.45. The van der Waals surface area contributed by atoms with E-state index in [0.717, 1.165) is 38.2 Å². The average Bonchev–Trinajstić information content (AvgIpc) is 3.05. The number of ether oxygens (including phenoxy) is 1. The molecule has 2 saturated heterocycles. The van der Waals surface area contributed by atoms with E-state index in [9.17, 15) is 9.59 Å². The number of carbonyl (C=O) groups is 2. The van der Waals surface area contributed by atoms with Gasteiger partial charge in [0, 0.05) is 25.2 Å². The fraction of sp³-hybridized carbons (Fsp3) is 0.556. The Morgan fingerprint density at radius 1 is 1.29 bits per heavy atom. The minimum Gasteiger partial charge on any atom is -0.484 e. The molecule has 0 spiro atoms. The number of amides is 2. The van der Waals surface area contributed by atoms with Crippen LogP contribution in [0.25, 0.3) is 0 Å². The molecule has 24 heavy (non-hydrogen) atoms. The van der Waals surface area contributed by atoms with Crippen LogP contribution < -0.4 is 20.3 Å². The topological polar surface area (TPSA) is 70.7 Å². The number of piperidine rings is 1. The quantitative estimate of drug-likeness (QED) is 0.824. The summed E-state index contributed by atoms with van der Waals surface area (Å²) in [6.07, 6.45) is 3.86.